The van der Waals surface area contributed by atoms with Crippen molar-refractivity contribution in [3.63, 3.8) is 0 Å². The number of hydrogen-bond donors (Lipinski definition) is 1. The number of hydrogen-bond acceptors (Lipinski definition) is 9. The Morgan fingerprint density at radius 2 is 1.65 bits per heavy atom. The van der Waals surface area contributed by atoms with E-state index in [0.29, 0.717) is 48.9 Å². The largest absolute Gasteiger partial charge is 0.445 e. The molecule has 1 N–H and O–H groups in total. The van der Waals surface area contributed by atoms with Crippen molar-refractivity contribution in [2.24, 2.45) is 0 Å². The smallest absolute Gasteiger partial charge is 0.410 e. The maximum Gasteiger partial charge on any atom is 0.410 e. The lowest BCUT2D eigenvalue weighted by Gasteiger charge is -2.27. The normalized spacial score (nSPS) is 17.4. The number of pyridine rings is 1. The van der Waals surface area contributed by atoms with E-state index in [1.54, 1.807) is 41.4 Å². The fourth-order valence-corrected chi connectivity index (χ4v) is 7.55. The molecule has 1 unspecified atom stereocenters. The van der Waals surface area contributed by atoms with Crippen LogP contribution < -0.4 is 4.90 Å². The van der Waals surface area contributed by atoms with Crippen LogP contribution in [0.25, 0.3) is 11.5 Å². The average Bonchev–Trinajstić information content (AvgIpc) is 3.83. The summed E-state index contributed by atoms with van der Waals surface area (Å²) in [4.78, 5) is 25.3. The summed E-state index contributed by atoms with van der Waals surface area (Å²) in [5, 5.41) is 11.4. The maximum atomic E-state index is 13.5. The highest BCUT2D eigenvalue weighted by Crippen LogP contribution is 2.34. The number of amides is 1. The summed E-state index contributed by atoms with van der Waals surface area (Å²) < 4.78 is 39.2. The Morgan fingerprint density at radius 1 is 0.935 bits per heavy atom. The van der Waals surface area contributed by atoms with Gasteiger partial charge in [0.1, 0.15) is 18.0 Å². The van der Waals surface area contributed by atoms with Gasteiger partial charge in [0.2, 0.25) is 15.9 Å². The van der Waals surface area contributed by atoms with E-state index in [0.717, 1.165) is 16.8 Å². The Kier molecular flexibility index (Phi) is 7.46. The number of ether oxygens (including phenoxy) is 1. The van der Waals surface area contributed by atoms with Gasteiger partial charge in [-0.15, -0.1) is 0 Å². The van der Waals surface area contributed by atoms with Crippen molar-refractivity contribution >= 4 is 21.8 Å². The van der Waals surface area contributed by atoms with E-state index in [4.69, 9.17) is 9.15 Å². The second-order valence-electron chi connectivity index (χ2n) is 12.9. The molecule has 2 aromatic carbocycles. The Labute approximate surface area is 267 Å². The second kappa shape index (κ2) is 11.4. The van der Waals surface area contributed by atoms with Crippen LogP contribution in [-0.2, 0) is 27.8 Å². The summed E-state index contributed by atoms with van der Waals surface area (Å²) in [6.07, 6.45) is 3.39. The summed E-state index contributed by atoms with van der Waals surface area (Å²) in [5.41, 5.74) is 6.36. The highest BCUT2D eigenvalue weighted by atomic mass is 32.2. The van der Waals surface area contributed by atoms with E-state index in [1.807, 2.05) is 45.0 Å². The molecular weight excluding hydrogens is 606 g/mol. The maximum absolute atomic E-state index is 13.5. The molecule has 46 heavy (non-hydrogen) atoms. The fraction of sp³-hybridized carbons (Fsp3) is 0.324. The molecule has 7 rings (SSSR count). The Bertz CT molecular complexity index is 1920. The first-order valence-electron chi connectivity index (χ1n) is 15.1. The van der Waals surface area contributed by atoms with Crippen molar-refractivity contribution in [1.29, 1.82) is 0 Å². The third-order valence-corrected chi connectivity index (χ3v) is 10.3. The average molecular weight is 642 g/mol. The quantitative estimate of drug-likeness (QED) is 0.293. The predicted molar refractivity (Wildman–Crippen MR) is 170 cm³/mol. The van der Waals surface area contributed by atoms with Crippen LogP contribution in [-0.4, -0.2) is 70.6 Å². The minimum absolute atomic E-state index is 0.181. The molecule has 3 aliphatic rings. The van der Waals surface area contributed by atoms with Gasteiger partial charge in [-0.3, -0.25) is 4.98 Å². The van der Waals surface area contributed by atoms with Crippen molar-refractivity contribution in [3.8, 4) is 11.5 Å². The standard InChI is InChI=1S/C34H35N5O6S/c1-34(2,3)45-33(41)38-18-26-16-37(17-27(26)19-38)28-6-4-5-23(13-28)31(40)30-14-24-20-39(21-25(24)15-36-30)46(42,43)29-9-7-22(8-10-29)32-35-11-12-44-32/h4-15,31,40H,16-21H2,1-3H3. The van der Waals surface area contributed by atoms with Gasteiger partial charge in [0, 0.05) is 56.7 Å². The predicted octanol–water partition coefficient (Wildman–Crippen LogP) is 4.89. The number of aliphatic hydroxyl groups is 1. The highest BCUT2D eigenvalue weighted by molar-refractivity contribution is 7.89. The molecule has 0 aliphatic carbocycles. The first kappa shape index (κ1) is 30.2. The van der Waals surface area contributed by atoms with E-state index in [2.05, 4.69) is 14.9 Å². The summed E-state index contributed by atoms with van der Waals surface area (Å²) in [6.45, 7) is 8.52. The number of carbonyl (C=O) groups is 1. The van der Waals surface area contributed by atoms with Gasteiger partial charge in [0.05, 0.1) is 16.8 Å². The summed E-state index contributed by atoms with van der Waals surface area (Å²) in [6, 6.07) is 16.0. The lowest BCUT2D eigenvalue weighted by molar-refractivity contribution is 0.0297. The number of carbonyl (C=O) groups excluding carboxylic acids is 1. The van der Waals surface area contributed by atoms with Crippen molar-refractivity contribution in [2.75, 3.05) is 31.1 Å². The molecule has 4 aromatic rings. The number of anilines is 1. The van der Waals surface area contributed by atoms with E-state index < -0.39 is 21.7 Å². The molecule has 12 heteroatoms. The third-order valence-electron chi connectivity index (χ3n) is 8.48. The Hall–Kier alpha value is -4.52. The third kappa shape index (κ3) is 5.79. The monoisotopic (exact) mass is 641 g/mol. The summed E-state index contributed by atoms with van der Waals surface area (Å²) in [7, 11) is -3.76. The second-order valence-corrected chi connectivity index (χ2v) is 14.8. The van der Waals surface area contributed by atoms with Gasteiger partial charge in [0.15, 0.2) is 0 Å². The van der Waals surface area contributed by atoms with Gasteiger partial charge in [-0.05, 0) is 91.1 Å². The van der Waals surface area contributed by atoms with E-state index in [-0.39, 0.29) is 24.1 Å². The molecule has 1 atom stereocenters. The number of sulfonamides is 1. The molecule has 11 nitrogen and oxygen atoms in total. The molecule has 238 valence electrons. The molecule has 0 spiro atoms. The number of nitrogens with zero attached hydrogens (tertiary/aromatic N) is 5. The zero-order chi connectivity index (χ0) is 32.2. The van der Waals surface area contributed by atoms with E-state index >= 15 is 0 Å². The van der Waals surface area contributed by atoms with Gasteiger partial charge in [-0.2, -0.15) is 4.31 Å². The SMILES string of the molecule is CC(C)(C)OC(=O)N1CC2=C(C1)CN(c1cccc(C(O)c3cc4c(cn3)CN(S(=O)(=O)c3ccc(-c5ncco5)cc3)C4)c1)C2. The summed E-state index contributed by atoms with van der Waals surface area (Å²) >= 11 is 0. The minimum Gasteiger partial charge on any atom is -0.445 e. The van der Waals surface area contributed by atoms with E-state index in [1.165, 1.54) is 27.9 Å². The molecule has 0 radical (unpaired) electrons. The molecule has 0 saturated heterocycles. The molecule has 2 aromatic heterocycles. The van der Waals surface area contributed by atoms with Gasteiger partial charge in [-0.1, -0.05) is 12.1 Å². The van der Waals surface area contributed by atoms with Gasteiger partial charge in [0.25, 0.3) is 0 Å². The van der Waals surface area contributed by atoms with Crippen LogP contribution in [0.5, 0.6) is 0 Å². The zero-order valence-electron chi connectivity index (χ0n) is 25.9. The van der Waals surface area contributed by atoms with Gasteiger partial charge in [-0.25, -0.2) is 18.2 Å². The van der Waals surface area contributed by atoms with Gasteiger partial charge < -0.3 is 24.1 Å². The fourth-order valence-electron chi connectivity index (χ4n) is 6.15. The molecule has 5 heterocycles. The van der Waals surface area contributed by atoms with E-state index in [9.17, 15) is 18.3 Å². The van der Waals surface area contributed by atoms with Crippen LogP contribution in [0.1, 0.15) is 49.3 Å². The van der Waals surface area contributed by atoms with Crippen molar-refractivity contribution in [2.45, 2.75) is 50.5 Å². The zero-order valence-corrected chi connectivity index (χ0v) is 26.7. The van der Waals surface area contributed by atoms with Crippen LogP contribution in [0.3, 0.4) is 0 Å². The lowest BCUT2D eigenvalue weighted by Crippen LogP contribution is -2.38. The number of aliphatic hydroxyl groups excluding tert-OH is 1. The Balaban J connectivity index is 1.01. The topological polar surface area (TPSA) is 129 Å². The molecule has 0 bridgehead atoms. The number of fused-ring (bicyclic) bond motifs is 1. The van der Waals surface area contributed by atoms with Crippen LogP contribution in [0, 0.1) is 0 Å². The number of rotatable bonds is 6. The van der Waals surface area contributed by atoms with Crippen LogP contribution >= 0.6 is 0 Å². The van der Waals surface area contributed by atoms with Gasteiger partial charge >= 0.3 is 6.09 Å². The Morgan fingerprint density at radius 3 is 2.33 bits per heavy atom. The van der Waals surface area contributed by atoms with Crippen molar-refractivity contribution < 1.29 is 27.5 Å². The minimum atomic E-state index is -3.76. The molecule has 1 amide bonds. The van der Waals surface area contributed by atoms with Crippen LogP contribution in [0.15, 0.2) is 93.7 Å². The number of aromatic nitrogens is 2. The number of benzene rings is 2. The first-order chi connectivity index (χ1) is 21.9. The molecular formula is C34H35N5O6S. The molecule has 0 saturated carbocycles. The van der Waals surface area contributed by atoms with Crippen LogP contribution in [0.2, 0.25) is 0 Å². The van der Waals surface area contributed by atoms with Crippen molar-refractivity contribution in [1.82, 2.24) is 19.2 Å². The molecule has 0 fully saturated rings. The highest BCUT2D eigenvalue weighted by Gasteiger charge is 2.35. The summed E-state index contributed by atoms with van der Waals surface area (Å²) in [5.74, 6) is 0.424. The lowest BCUT2D eigenvalue weighted by atomic mass is 10.0. The van der Waals surface area contributed by atoms with Crippen LogP contribution in [0.4, 0.5) is 10.5 Å². The number of oxazole rings is 1. The molecule has 3 aliphatic heterocycles. The first-order valence-corrected chi connectivity index (χ1v) is 16.6. The van der Waals surface area contributed by atoms with Crippen molar-refractivity contribution in [3.05, 3.63) is 107 Å².